The molecule has 0 fully saturated rings. The molecule has 0 aliphatic carbocycles. The maximum absolute atomic E-state index is 13.1. The van der Waals surface area contributed by atoms with Crippen LogP contribution in [0.1, 0.15) is 43.0 Å². The first kappa shape index (κ1) is 28.5. The number of hydrogen-bond donors (Lipinski definition) is 2. The van der Waals surface area contributed by atoms with Crippen molar-refractivity contribution < 1.29 is 19.1 Å². The molecule has 0 heterocycles. The van der Waals surface area contributed by atoms with Gasteiger partial charge in [0.2, 0.25) is 0 Å². The van der Waals surface area contributed by atoms with Gasteiger partial charge >= 0.3 is 0 Å². The second-order valence-electron chi connectivity index (χ2n) is 10.1. The van der Waals surface area contributed by atoms with E-state index in [1.165, 1.54) is 5.56 Å². The van der Waals surface area contributed by atoms with Gasteiger partial charge in [0.15, 0.2) is 0 Å². The van der Waals surface area contributed by atoms with E-state index in [9.17, 15) is 9.59 Å². The Labute approximate surface area is 226 Å². The predicted molar refractivity (Wildman–Crippen MR) is 153 cm³/mol. The van der Waals surface area contributed by atoms with Gasteiger partial charge in [-0.1, -0.05) is 69.3 Å². The van der Waals surface area contributed by atoms with E-state index >= 15 is 0 Å². The summed E-state index contributed by atoms with van der Waals surface area (Å²) in [6.45, 7) is 7.26. The van der Waals surface area contributed by atoms with E-state index in [0.29, 0.717) is 25.9 Å². The fraction of sp³-hybridized carbons (Fsp3) is 0.312. The topological polar surface area (TPSA) is 76.7 Å². The lowest BCUT2D eigenvalue weighted by Gasteiger charge is -2.19. The third-order valence-electron chi connectivity index (χ3n) is 6.29. The molecular formula is C32H38N2O4. The molecule has 0 bridgehead atoms. The normalized spacial score (nSPS) is 10.9. The Morgan fingerprint density at radius 1 is 0.684 bits per heavy atom. The van der Waals surface area contributed by atoms with Crippen molar-refractivity contribution in [2.75, 3.05) is 27.3 Å². The van der Waals surface area contributed by atoms with Crippen LogP contribution in [0, 0.1) is 0 Å². The second-order valence-corrected chi connectivity index (χ2v) is 10.1. The average molecular weight is 515 g/mol. The molecule has 6 nitrogen and oxygen atoms in total. The van der Waals surface area contributed by atoms with E-state index < -0.39 is 11.8 Å². The highest BCUT2D eigenvalue weighted by Gasteiger charge is 2.19. The zero-order valence-corrected chi connectivity index (χ0v) is 23.0. The molecule has 0 aromatic heterocycles. The minimum Gasteiger partial charge on any atom is -0.497 e. The van der Waals surface area contributed by atoms with Gasteiger partial charge in [-0.2, -0.15) is 0 Å². The molecule has 0 aliphatic heterocycles. The molecular weight excluding hydrogens is 476 g/mol. The fourth-order valence-electron chi connectivity index (χ4n) is 3.90. The lowest BCUT2D eigenvalue weighted by atomic mass is 9.86. The molecule has 3 aromatic carbocycles. The van der Waals surface area contributed by atoms with Crippen LogP contribution in [-0.2, 0) is 27.8 Å². The van der Waals surface area contributed by atoms with Gasteiger partial charge in [0.1, 0.15) is 17.1 Å². The highest BCUT2D eigenvalue weighted by molar-refractivity contribution is 6.21. The van der Waals surface area contributed by atoms with Gasteiger partial charge in [-0.15, -0.1) is 0 Å². The van der Waals surface area contributed by atoms with Crippen LogP contribution in [0.3, 0.4) is 0 Å². The second kappa shape index (κ2) is 13.5. The van der Waals surface area contributed by atoms with Crippen molar-refractivity contribution >= 4 is 17.9 Å². The molecule has 2 N–H and O–H groups in total. The van der Waals surface area contributed by atoms with E-state index in [1.807, 2.05) is 72.8 Å². The summed E-state index contributed by atoms with van der Waals surface area (Å²) in [5, 5.41) is 5.81. The SMILES string of the molecule is COc1ccc(CCNC(=O)C(=Cc2ccc(C(C)(C)C)cc2)C(=O)NCCc2ccc(OC)cc2)cc1. The molecule has 0 saturated carbocycles. The van der Waals surface area contributed by atoms with Crippen LogP contribution in [0.5, 0.6) is 11.5 Å². The largest absolute Gasteiger partial charge is 0.497 e. The number of benzene rings is 3. The molecule has 0 saturated heterocycles. The van der Waals surface area contributed by atoms with E-state index in [0.717, 1.165) is 28.2 Å². The van der Waals surface area contributed by atoms with Crippen LogP contribution in [0.15, 0.2) is 78.4 Å². The summed E-state index contributed by atoms with van der Waals surface area (Å²) in [7, 11) is 3.25. The predicted octanol–water partition coefficient (Wildman–Crippen LogP) is 5.10. The van der Waals surface area contributed by atoms with Crippen LogP contribution in [0.4, 0.5) is 0 Å². The molecule has 2 amide bonds. The highest BCUT2D eigenvalue weighted by atomic mass is 16.5. The van der Waals surface area contributed by atoms with Crippen molar-refractivity contribution in [3.8, 4) is 11.5 Å². The molecule has 0 spiro atoms. The molecule has 3 aromatic rings. The summed E-state index contributed by atoms with van der Waals surface area (Å²) in [6.07, 6.45) is 2.93. The Hall–Kier alpha value is -4.06. The number of ether oxygens (including phenoxy) is 2. The molecule has 0 aliphatic rings. The zero-order chi connectivity index (χ0) is 27.5. The molecule has 38 heavy (non-hydrogen) atoms. The molecule has 3 rings (SSSR count). The van der Waals surface area contributed by atoms with Gasteiger partial charge < -0.3 is 20.1 Å². The van der Waals surface area contributed by atoms with Crippen LogP contribution < -0.4 is 20.1 Å². The average Bonchev–Trinajstić information content (AvgIpc) is 2.92. The summed E-state index contributed by atoms with van der Waals surface area (Å²) in [5.41, 5.74) is 4.21. The first-order valence-corrected chi connectivity index (χ1v) is 12.8. The Morgan fingerprint density at radius 2 is 1.11 bits per heavy atom. The number of rotatable bonds is 11. The summed E-state index contributed by atoms with van der Waals surface area (Å²) in [4.78, 5) is 26.3. The lowest BCUT2D eigenvalue weighted by Crippen LogP contribution is -2.36. The van der Waals surface area contributed by atoms with Gasteiger partial charge in [0.05, 0.1) is 14.2 Å². The quantitative estimate of drug-likeness (QED) is 0.212. The number of hydrogen-bond acceptors (Lipinski definition) is 4. The zero-order valence-electron chi connectivity index (χ0n) is 23.0. The smallest absolute Gasteiger partial charge is 0.256 e. The first-order valence-electron chi connectivity index (χ1n) is 12.8. The third kappa shape index (κ3) is 8.51. The molecule has 6 heteroatoms. The minimum absolute atomic E-state index is 0.0166. The van der Waals surface area contributed by atoms with Crippen molar-refractivity contribution in [1.82, 2.24) is 10.6 Å². The summed E-state index contributed by atoms with van der Waals surface area (Å²) in [5.74, 6) is 0.763. The van der Waals surface area contributed by atoms with E-state index in [-0.39, 0.29) is 11.0 Å². The minimum atomic E-state index is -0.402. The van der Waals surface area contributed by atoms with E-state index in [4.69, 9.17) is 9.47 Å². The number of nitrogens with one attached hydrogen (secondary N) is 2. The summed E-state index contributed by atoms with van der Waals surface area (Å²) < 4.78 is 10.4. The van der Waals surface area contributed by atoms with E-state index in [2.05, 4.69) is 31.4 Å². The number of carbonyl (C=O) groups is 2. The molecule has 200 valence electrons. The number of carbonyl (C=O) groups excluding carboxylic acids is 2. The monoisotopic (exact) mass is 514 g/mol. The van der Waals surface area contributed by atoms with Gasteiger partial charge in [0.25, 0.3) is 11.8 Å². The van der Waals surface area contributed by atoms with Gasteiger partial charge in [-0.25, -0.2) is 0 Å². The molecule has 0 atom stereocenters. The first-order chi connectivity index (χ1) is 18.2. The fourth-order valence-corrected chi connectivity index (χ4v) is 3.90. The van der Waals surface area contributed by atoms with Crippen molar-refractivity contribution in [3.05, 3.63) is 101 Å². The van der Waals surface area contributed by atoms with Gasteiger partial charge in [-0.3, -0.25) is 9.59 Å². The Bertz CT molecular complexity index is 1150. The number of amides is 2. The standard InChI is InChI=1S/C32H38N2O4/c1-32(2,3)26-12-6-25(7-13-26)22-29(30(35)33-20-18-23-8-14-27(37-4)15-9-23)31(36)34-21-19-24-10-16-28(38-5)17-11-24/h6-17,22H,18-21H2,1-5H3,(H,33,35)(H,34,36). The maximum Gasteiger partial charge on any atom is 0.256 e. The molecule has 0 radical (unpaired) electrons. The maximum atomic E-state index is 13.1. The Kier molecular flexibility index (Phi) is 10.1. The van der Waals surface area contributed by atoms with Crippen molar-refractivity contribution in [2.24, 2.45) is 0 Å². The molecule has 0 unspecified atom stereocenters. The third-order valence-corrected chi connectivity index (χ3v) is 6.29. The van der Waals surface area contributed by atoms with Crippen molar-refractivity contribution in [2.45, 2.75) is 39.0 Å². The van der Waals surface area contributed by atoms with Gasteiger partial charge in [0, 0.05) is 13.1 Å². The van der Waals surface area contributed by atoms with Crippen molar-refractivity contribution in [1.29, 1.82) is 0 Å². The van der Waals surface area contributed by atoms with E-state index in [1.54, 1.807) is 20.3 Å². The van der Waals surface area contributed by atoms with Crippen LogP contribution in [0.25, 0.3) is 6.08 Å². The van der Waals surface area contributed by atoms with Crippen LogP contribution in [-0.4, -0.2) is 39.1 Å². The van der Waals surface area contributed by atoms with Crippen molar-refractivity contribution in [3.63, 3.8) is 0 Å². The Morgan fingerprint density at radius 3 is 1.47 bits per heavy atom. The highest BCUT2D eigenvalue weighted by Crippen LogP contribution is 2.23. The summed E-state index contributed by atoms with van der Waals surface area (Å²) in [6, 6.07) is 23.4. The van der Waals surface area contributed by atoms with Gasteiger partial charge in [-0.05, 0) is 70.9 Å². The van der Waals surface area contributed by atoms with Crippen LogP contribution >= 0.6 is 0 Å². The lowest BCUT2D eigenvalue weighted by molar-refractivity contribution is -0.123. The van der Waals surface area contributed by atoms with Crippen LogP contribution in [0.2, 0.25) is 0 Å². The Balaban J connectivity index is 1.69. The summed E-state index contributed by atoms with van der Waals surface area (Å²) >= 11 is 0. The number of methoxy groups -OCH3 is 2.